The molecule has 0 unspecified atom stereocenters. The maximum atomic E-state index is 12.3. The maximum absolute atomic E-state index is 12.3. The highest BCUT2D eigenvalue weighted by atomic mass is 79.9. The molecule has 0 saturated carbocycles. The lowest BCUT2D eigenvalue weighted by Crippen LogP contribution is -2.19. The molecule has 5 nitrogen and oxygen atoms in total. The van der Waals surface area contributed by atoms with Crippen molar-refractivity contribution >= 4 is 50.5 Å². The number of halogens is 1. The average molecular weight is 454 g/mol. The van der Waals surface area contributed by atoms with E-state index in [1.54, 1.807) is 7.11 Å². The molecule has 0 radical (unpaired) electrons. The maximum Gasteiger partial charge on any atom is 0.264 e. The van der Waals surface area contributed by atoms with Crippen LogP contribution in [0.2, 0.25) is 0 Å². The Kier molecular flexibility index (Phi) is 5.36. The Morgan fingerprint density at radius 2 is 1.86 bits per heavy atom. The van der Waals surface area contributed by atoms with E-state index in [0.717, 1.165) is 27.2 Å². The summed E-state index contributed by atoms with van der Waals surface area (Å²) in [6.45, 7) is 0. The smallest absolute Gasteiger partial charge is 0.264 e. The van der Waals surface area contributed by atoms with Crippen LogP contribution in [0.15, 0.2) is 81.4 Å². The van der Waals surface area contributed by atoms with Crippen molar-refractivity contribution in [2.24, 2.45) is 4.99 Å². The molecule has 1 aliphatic heterocycles. The summed E-state index contributed by atoms with van der Waals surface area (Å²) in [6, 6.07) is 17.4. The van der Waals surface area contributed by atoms with Crippen molar-refractivity contribution in [1.29, 1.82) is 0 Å². The molecular formula is C21H16BrN3O2S. The number of carbonyl (C=O) groups excluding carboxylic acids is 1. The number of hydrogen-bond donors (Lipinski definition) is 1. The predicted octanol–water partition coefficient (Wildman–Crippen LogP) is 5.14. The van der Waals surface area contributed by atoms with Gasteiger partial charge in [0.15, 0.2) is 5.17 Å². The number of nitrogens with zero attached hydrogens (tertiary/aromatic N) is 2. The fourth-order valence-corrected chi connectivity index (χ4v) is 3.78. The molecule has 140 valence electrons. The van der Waals surface area contributed by atoms with Crippen LogP contribution in [0.3, 0.4) is 0 Å². The van der Waals surface area contributed by atoms with Gasteiger partial charge in [-0.1, -0.05) is 15.9 Å². The molecular weight excluding hydrogens is 438 g/mol. The number of rotatable bonds is 4. The molecule has 7 heteroatoms. The minimum Gasteiger partial charge on any atom is -0.497 e. The zero-order chi connectivity index (χ0) is 19.5. The van der Waals surface area contributed by atoms with Gasteiger partial charge in [0.25, 0.3) is 5.91 Å². The Labute approximate surface area is 175 Å². The van der Waals surface area contributed by atoms with E-state index in [1.165, 1.54) is 11.8 Å². The lowest BCUT2D eigenvalue weighted by atomic mass is 10.3. The first-order valence-electron chi connectivity index (χ1n) is 8.48. The van der Waals surface area contributed by atoms with E-state index in [0.29, 0.717) is 10.1 Å². The molecule has 0 aliphatic carbocycles. The van der Waals surface area contributed by atoms with Crippen LogP contribution in [-0.2, 0) is 4.79 Å². The summed E-state index contributed by atoms with van der Waals surface area (Å²) in [7, 11) is 1.65. The van der Waals surface area contributed by atoms with Gasteiger partial charge in [0, 0.05) is 22.6 Å². The fraction of sp³-hybridized carbons (Fsp3) is 0.0476. The number of amides is 1. The van der Waals surface area contributed by atoms with Gasteiger partial charge in [-0.25, -0.2) is 4.99 Å². The van der Waals surface area contributed by atoms with Crippen LogP contribution < -0.4 is 10.1 Å². The molecule has 4 rings (SSSR count). The van der Waals surface area contributed by atoms with Gasteiger partial charge < -0.3 is 14.6 Å². The second kappa shape index (κ2) is 8.08. The molecule has 0 spiro atoms. The first-order valence-corrected chi connectivity index (χ1v) is 10.1. The lowest BCUT2D eigenvalue weighted by molar-refractivity contribution is -0.115. The first kappa shape index (κ1) is 18.6. The van der Waals surface area contributed by atoms with Gasteiger partial charge in [0.05, 0.1) is 17.7 Å². The van der Waals surface area contributed by atoms with Crippen LogP contribution in [0.1, 0.15) is 5.56 Å². The number of amidine groups is 1. The normalized spacial score (nSPS) is 16.6. The minimum atomic E-state index is -0.141. The zero-order valence-corrected chi connectivity index (χ0v) is 17.3. The number of methoxy groups -OCH3 is 1. The van der Waals surface area contributed by atoms with Gasteiger partial charge in [-0.15, -0.1) is 0 Å². The Bertz CT molecular complexity index is 1070. The van der Waals surface area contributed by atoms with E-state index >= 15 is 0 Å². The van der Waals surface area contributed by atoms with Crippen LogP contribution in [0.4, 0.5) is 5.69 Å². The summed E-state index contributed by atoms with van der Waals surface area (Å²) in [5.74, 6) is 0.674. The second-order valence-corrected chi connectivity index (χ2v) is 7.95. The molecule has 3 aromatic rings. The third-order valence-corrected chi connectivity index (χ3v) is 5.53. The summed E-state index contributed by atoms with van der Waals surface area (Å²) in [5.41, 5.74) is 2.75. The number of aliphatic imine (C=N–C) groups is 1. The SMILES string of the molecule is COc1ccc(-n2ccc(/C=C3/SC(=Nc4ccc(Br)cc4)NC3=O)c2)cc1. The highest BCUT2D eigenvalue weighted by Crippen LogP contribution is 2.29. The van der Waals surface area contributed by atoms with Crippen LogP contribution >= 0.6 is 27.7 Å². The molecule has 1 amide bonds. The van der Waals surface area contributed by atoms with Crippen molar-refractivity contribution in [3.05, 3.63) is 81.9 Å². The molecule has 28 heavy (non-hydrogen) atoms. The number of hydrogen-bond acceptors (Lipinski definition) is 4. The Morgan fingerprint density at radius 1 is 1.11 bits per heavy atom. The molecule has 0 atom stereocenters. The van der Waals surface area contributed by atoms with Crippen molar-refractivity contribution in [3.63, 3.8) is 0 Å². The van der Waals surface area contributed by atoms with E-state index < -0.39 is 0 Å². The van der Waals surface area contributed by atoms with Gasteiger partial charge in [-0.3, -0.25) is 4.79 Å². The molecule has 1 saturated heterocycles. The molecule has 1 fully saturated rings. The fourth-order valence-electron chi connectivity index (χ4n) is 2.68. The number of carbonyl (C=O) groups is 1. The Morgan fingerprint density at radius 3 is 2.57 bits per heavy atom. The topological polar surface area (TPSA) is 55.6 Å². The van der Waals surface area contributed by atoms with E-state index in [4.69, 9.17) is 4.74 Å². The summed E-state index contributed by atoms with van der Waals surface area (Å²) in [5, 5.41) is 3.39. The van der Waals surface area contributed by atoms with E-state index in [-0.39, 0.29) is 5.91 Å². The number of benzene rings is 2. The third kappa shape index (κ3) is 4.21. The van der Waals surface area contributed by atoms with Gasteiger partial charge >= 0.3 is 0 Å². The van der Waals surface area contributed by atoms with Crippen molar-refractivity contribution in [2.75, 3.05) is 7.11 Å². The molecule has 0 bridgehead atoms. The zero-order valence-electron chi connectivity index (χ0n) is 14.9. The summed E-state index contributed by atoms with van der Waals surface area (Å²) in [6.07, 6.45) is 5.80. The van der Waals surface area contributed by atoms with Crippen LogP contribution in [0.5, 0.6) is 5.75 Å². The van der Waals surface area contributed by atoms with Crippen molar-refractivity contribution in [1.82, 2.24) is 9.88 Å². The summed E-state index contributed by atoms with van der Waals surface area (Å²) < 4.78 is 8.18. The molecule has 1 aliphatic rings. The summed E-state index contributed by atoms with van der Waals surface area (Å²) >= 11 is 4.74. The second-order valence-electron chi connectivity index (χ2n) is 6.01. The van der Waals surface area contributed by atoms with Crippen molar-refractivity contribution < 1.29 is 9.53 Å². The van der Waals surface area contributed by atoms with Crippen molar-refractivity contribution in [3.8, 4) is 11.4 Å². The van der Waals surface area contributed by atoms with Gasteiger partial charge in [-0.2, -0.15) is 0 Å². The third-order valence-electron chi connectivity index (χ3n) is 4.09. The summed E-state index contributed by atoms with van der Waals surface area (Å²) in [4.78, 5) is 17.4. The van der Waals surface area contributed by atoms with E-state index in [2.05, 4.69) is 26.2 Å². The Hall–Kier alpha value is -2.77. The molecule has 2 aromatic carbocycles. The Balaban J connectivity index is 1.52. The van der Waals surface area contributed by atoms with E-state index in [9.17, 15) is 4.79 Å². The standard InChI is InChI=1S/C21H16BrN3O2S/c1-27-18-8-6-17(7-9-18)25-11-10-14(13-25)12-19-20(26)24-21(28-19)23-16-4-2-15(22)3-5-16/h2-13H,1H3,(H,23,24,26)/b19-12+. The number of aromatic nitrogens is 1. The average Bonchev–Trinajstić information content (AvgIpc) is 3.31. The van der Waals surface area contributed by atoms with E-state index in [1.807, 2.05) is 77.6 Å². The number of thioether (sulfide) groups is 1. The monoisotopic (exact) mass is 453 g/mol. The van der Waals surface area contributed by atoms with Gasteiger partial charge in [0.2, 0.25) is 0 Å². The van der Waals surface area contributed by atoms with Crippen LogP contribution in [0, 0.1) is 0 Å². The highest BCUT2D eigenvalue weighted by Gasteiger charge is 2.23. The lowest BCUT2D eigenvalue weighted by Gasteiger charge is -2.04. The minimum absolute atomic E-state index is 0.141. The number of ether oxygens (including phenoxy) is 1. The van der Waals surface area contributed by atoms with Gasteiger partial charge in [0.1, 0.15) is 5.75 Å². The molecule has 1 N–H and O–H groups in total. The molecule has 1 aromatic heterocycles. The van der Waals surface area contributed by atoms with Crippen LogP contribution in [-0.4, -0.2) is 22.8 Å². The van der Waals surface area contributed by atoms with Crippen molar-refractivity contribution in [2.45, 2.75) is 0 Å². The first-order chi connectivity index (χ1) is 13.6. The molecule has 2 heterocycles. The van der Waals surface area contributed by atoms with Gasteiger partial charge in [-0.05, 0) is 78.0 Å². The predicted molar refractivity (Wildman–Crippen MR) is 117 cm³/mol. The van der Waals surface area contributed by atoms with Crippen LogP contribution in [0.25, 0.3) is 11.8 Å². The number of nitrogens with one attached hydrogen (secondary N) is 1. The quantitative estimate of drug-likeness (QED) is 0.556. The highest BCUT2D eigenvalue weighted by molar-refractivity contribution is 9.10. The largest absolute Gasteiger partial charge is 0.497 e.